The van der Waals surface area contributed by atoms with Gasteiger partial charge in [0.25, 0.3) is 0 Å². The zero-order valence-electron chi connectivity index (χ0n) is 10.0. The standard InChI is InChI=1S/C13H16F2N2O/c14-10-2-3-12(11(15)7-10)17-13(18)4-1-9-5-6-16-8-9/h2-3,7,9,16H,1,4-6,8H2,(H,17,18). The smallest absolute Gasteiger partial charge is 0.224 e. The maximum absolute atomic E-state index is 13.3. The Morgan fingerprint density at radius 3 is 2.94 bits per heavy atom. The molecule has 1 atom stereocenters. The molecule has 1 fully saturated rings. The molecule has 0 aromatic heterocycles. The van der Waals surface area contributed by atoms with Crippen molar-refractivity contribution < 1.29 is 13.6 Å². The fraction of sp³-hybridized carbons (Fsp3) is 0.462. The monoisotopic (exact) mass is 254 g/mol. The van der Waals surface area contributed by atoms with Gasteiger partial charge in [0.2, 0.25) is 5.91 Å². The molecule has 3 nitrogen and oxygen atoms in total. The molecule has 0 aliphatic carbocycles. The van der Waals surface area contributed by atoms with Crippen LogP contribution in [0.15, 0.2) is 18.2 Å². The second-order valence-corrected chi connectivity index (χ2v) is 4.57. The summed E-state index contributed by atoms with van der Waals surface area (Å²) < 4.78 is 26.0. The molecule has 1 amide bonds. The quantitative estimate of drug-likeness (QED) is 0.865. The van der Waals surface area contributed by atoms with Gasteiger partial charge in [-0.1, -0.05) is 0 Å². The van der Waals surface area contributed by atoms with Crippen molar-refractivity contribution in [3.63, 3.8) is 0 Å². The van der Waals surface area contributed by atoms with Crippen LogP contribution in [-0.2, 0) is 4.79 Å². The highest BCUT2D eigenvalue weighted by Crippen LogP contribution is 2.17. The zero-order valence-corrected chi connectivity index (χ0v) is 10.0. The van der Waals surface area contributed by atoms with Crippen LogP contribution in [0.4, 0.5) is 14.5 Å². The van der Waals surface area contributed by atoms with Crippen LogP contribution in [0.2, 0.25) is 0 Å². The minimum atomic E-state index is -0.745. The molecule has 0 radical (unpaired) electrons. The number of anilines is 1. The molecule has 1 aromatic carbocycles. The molecule has 0 spiro atoms. The predicted molar refractivity (Wildman–Crippen MR) is 65.2 cm³/mol. The van der Waals surface area contributed by atoms with Crippen LogP contribution < -0.4 is 10.6 Å². The number of amides is 1. The van der Waals surface area contributed by atoms with Crippen LogP contribution in [0, 0.1) is 17.6 Å². The van der Waals surface area contributed by atoms with Crippen molar-refractivity contribution in [3.8, 4) is 0 Å². The normalized spacial score (nSPS) is 18.9. The predicted octanol–water partition coefficient (Wildman–Crippen LogP) is 2.29. The average molecular weight is 254 g/mol. The van der Waals surface area contributed by atoms with Crippen molar-refractivity contribution in [1.82, 2.24) is 5.32 Å². The molecule has 98 valence electrons. The minimum absolute atomic E-state index is 0.0333. The first-order valence-electron chi connectivity index (χ1n) is 6.11. The maximum Gasteiger partial charge on any atom is 0.224 e. The van der Waals surface area contributed by atoms with Crippen molar-refractivity contribution in [3.05, 3.63) is 29.8 Å². The van der Waals surface area contributed by atoms with Crippen molar-refractivity contribution >= 4 is 11.6 Å². The summed E-state index contributed by atoms with van der Waals surface area (Å²) in [5.41, 5.74) is 0.0333. The number of benzene rings is 1. The summed E-state index contributed by atoms with van der Waals surface area (Å²) in [4.78, 5) is 11.6. The minimum Gasteiger partial charge on any atom is -0.324 e. The van der Waals surface area contributed by atoms with Gasteiger partial charge < -0.3 is 10.6 Å². The summed E-state index contributed by atoms with van der Waals surface area (Å²) in [6.45, 7) is 1.94. The van der Waals surface area contributed by atoms with E-state index < -0.39 is 11.6 Å². The highest BCUT2D eigenvalue weighted by molar-refractivity contribution is 5.90. The zero-order chi connectivity index (χ0) is 13.0. The summed E-state index contributed by atoms with van der Waals surface area (Å²) in [6, 6.07) is 3.12. The Labute approximate surface area is 105 Å². The molecule has 0 saturated carbocycles. The van der Waals surface area contributed by atoms with E-state index in [0.717, 1.165) is 38.1 Å². The third-order valence-corrected chi connectivity index (χ3v) is 3.15. The lowest BCUT2D eigenvalue weighted by Crippen LogP contribution is -2.15. The number of nitrogens with one attached hydrogen (secondary N) is 2. The Hall–Kier alpha value is -1.49. The summed E-state index contributed by atoms with van der Waals surface area (Å²) in [5, 5.41) is 5.69. The van der Waals surface area contributed by atoms with E-state index in [4.69, 9.17) is 0 Å². The third-order valence-electron chi connectivity index (χ3n) is 3.15. The fourth-order valence-electron chi connectivity index (χ4n) is 2.10. The molecule has 1 aromatic rings. The molecule has 5 heteroatoms. The number of rotatable bonds is 4. The van der Waals surface area contributed by atoms with Gasteiger partial charge in [-0.2, -0.15) is 0 Å². The van der Waals surface area contributed by atoms with E-state index >= 15 is 0 Å². The highest BCUT2D eigenvalue weighted by atomic mass is 19.1. The van der Waals surface area contributed by atoms with E-state index in [0.29, 0.717) is 12.3 Å². The largest absolute Gasteiger partial charge is 0.324 e. The van der Waals surface area contributed by atoms with Crippen molar-refractivity contribution in [2.24, 2.45) is 5.92 Å². The first-order valence-corrected chi connectivity index (χ1v) is 6.11. The Bertz CT molecular complexity index is 431. The van der Waals surface area contributed by atoms with Gasteiger partial charge in [0.05, 0.1) is 5.69 Å². The van der Waals surface area contributed by atoms with Crippen LogP contribution in [-0.4, -0.2) is 19.0 Å². The van der Waals surface area contributed by atoms with E-state index in [-0.39, 0.29) is 11.6 Å². The number of carbonyl (C=O) groups is 1. The second kappa shape index (κ2) is 5.91. The fourth-order valence-corrected chi connectivity index (χ4v) is 2.10. The van der Waals surface area contributed by atoms with Crippen LogP contribution >= 0.6 is 0 Å². The van der Waals surface area contributed by atoms with E-state index in [2.05, 4.69) is 10.6 Å². The Kier molecular flexibility index (Phi) is 4.25. The van der Waals surface area contributed by atoms with E-state index in [9.17, 15) is 13.6 Å². The molecule has 0 bridgehead atoms. The van der Waals surface area contributed by atoms with Crippen LogP contribution in [0.1, 0.15) is 19.3 Å². The lowest BCUT2D eigenvalue weighted by atomic mass is 10.0. The Morgan fingerprint density at radius 1 is 1.44 bits per heavy atom. The molecule has 1 unspecified atom stereocenters. The first kappa shape index (κ1) is 13.0. The summed E-state index contributed by atoms with van der Waals surface area (Å²) >= 11 is 0. The summed E-state index contributed by atoms with van der Waals surface area (Å²) in [7, 11) is 0. The Morgan fingerprint density at radius 2 is 2.28 bits per heavy atom. The molecule has 1 heterocycles. The van der Waals surface area contributed by atoms with Gasteiger partial charge in [-0.15, -0.1) is 0 Å². The molecule has 1 aliphatic rings. The lowest BCUT2D eigenvalue weighted by Gasteiger charge is -2.09. The van der Waals surface area contributed by atoms with Crippen molar-refractivity contribution in [2.75, 3.05) is 18.4 Å². The van der Waals surface area contributed by atoms with Gasteiger partial charge in [-0.25, -0.2) is 8.78 Å². The van der Waals surface area contributed by atoms with E-state index in [1.54, 1.807) is 0 Å². The number of hydrogen-bond acceptors (Lipinski definition) is 2. The van der Waals surface area contributed by atoms with Gasteiger partial charge in [-0.05, 0) is 44.0 Å². The average Bonchev–Trinajstić information content (AvgIpc) is 2.83. The summed E-state index contributed by atoms with van der Waals surface area (Å²) in [6.07, 6.45) is 2.24. The summed E-state index contributed by atoms with van der Waals surface area (Å²) in [5.74, 6) is -1.10. The molecule has 1 saturated heterocycles. The van der Waals surface area contributed by atoms with Crippen LogP contribution in [0.3, 0.4) is 0 Å². The van der Waals surface area contributed by atoms with Gasteiger partial charge in [0.1, 0.15) is 11.6 Å². The van der Waals surface area contributed by atoms with Crippen LogP contribution in [0.25, 0.3) is 0 Å². The molecule has 2 rings (SSSR count). The van der Waals surface area contributed by atoms with E-state index in [1.807, 2.05) is 0 Å². The van der Waals surface area contributed by atoms with Crippen LogP contribution in [0.5, 0.6) is 0 Å². The van der Waals surface area contributed by atoms with Gasteiger partial charge >= 0.3 is 0 Å². The SMILES string of the molecule is O=C(CCC1CCNC1)Nc1ccc(F)cc1F. The highest BCUT2D eigenvalue weighted by Gasteiger charge is 2.16. The lowest BCUT2D eigenvalue weighted by molar-refractivity contribution is -0.116. The first-order chi connectivity index (χ1) is 8.65. The molecule has 1 aliphatic heterocycles. The Balaban J connectivity index is 1.82. The van der Waals surface area contributed by atoms with Crippen molar-refractivity contribution in [1.29, 1.82) is 0 Å². The third kappa shape index (κ3) is 3.50. The second-order valence-electron chi connectivity index (χ2n) is 4.57. The molecule has 18 heavy (non-hydrogen) atoms. The van der Waals surface area contributed by atoms with Gasteiger partial charge in [0.15, 0.2) is 0 Å². The number of carbonyl (C=O) groups excluding carboxylic acids is 1. The number of hydrogen-bond donors (Lipinski definition) is 2. The van der Waals surface area contributed by atoms with Gasteiger partial charge in [0, 0.05) is 12.5 Å². The molecule has 2 N–H and O–H groups in total. The number of halogens is 2. The maximum atomic E-state index is 13.3. The molecular weight excluding hydrogens is 238 g/mol. The van der Waals surface area contributed by atoms with Gasteiger partial charge in [-0.3, -0.25) is 4.79 Å². The van der Waals surface area contributed by atoms with E-state index in [1.165, 1.54) is 6.07 Å². The molecular formula is C13H16F2N2O. The van der Waals surface area contributed by atoms with Crippen molar-refractivity contribution in [2.45, 2.75) is 19.3 Å². The topological polar surface area (TPSA) is 41.1 Å².